The topological polar surface area (TPSA) is 35.2 Å². The third-order valence-corrected chi connectivity index (χ3v) is 1.77. The molecular formula is C11H15NO. The van der Waals surface area contributed by atoms with Gasteiger partial charge in [0.25, 0.3) is 0 Å². The molecule has 13 heavy (non-hydrogen) atoms. The Morgan fingerprint density at radius 2 is 2.23 bits per heavy atom. The highest BCUT2D eigenvalue weighted by atomic mass is 16.5. The number of nitrogens with two attached hydrogens (primary N) is 1. The molecule has 0 aliphatic heterocycles. The van der Waals surface area contributed by atoms with Gasteiger partial charge in [-0.05, 0) is 13.0 Å². The van der Waals surface area contributed by atoms with Crippen molar-refractivity contribution in [1.29, 1.82) is 0 Å². The molecule has 2 N–H and O–H groups in total. The molecule has 0 saturated heterocycles. The van der Waals surface area contributed by atoms with Crippen LogP contribution >= 0.6 is 0 Å². The predicted octanol–water partition coefficient (Wildman–Crippen LogP) is 2.27. The Morgan fingerprint density at radius 1 is 1.54 bits per heavy atom. The highest BCUT2D eigenvalue weighted by molar-refractivity contribution is 5.35. The van der Waals surface area contributed by atoms with Crippen molar-refractivity contribution in [2.75, 3.05) is 6.61 Å². The first-order valence-corrected chi connectivity index (χ1v) is 4.34. The number of ether oxygens (including phenoxy) is 1. The van der Waals surface area contributed by atoms with E-state index < -0.39 is 0 Å². The molecule has 0 spiro atoms. The molecule has 70 valence electrons. The third kappa shape index (κ3) is 2.60. The molecule has 0 aromatic heterocycles. The summed E-state index contributed by atoms with van der Waals surface area (Å²) in [7, 11) is 0. The van der Waals surface area contributed by atoms with Gasteiger partial charge in [-0.15, -0.1) is 0 Å². The summed E-state index contributed by atoms with van der Waals surface area (Å²) in [6.45, 7) is 6.05. The van der Waals surface area contributed by atoms with Crippen molar-refractivity contribution in [3.8, 4) is 5.75 Å². The SMILES string of the molecule is C=CCOc1ccccc1C(C)N. The Morgan fingerprint density at radius 3 is 2.85 bits per heavy atom. The van der Waals surface area contributed by atoms with Gasteiger partial charge >= 0.3 is 0 Å². The van der Waals surface area contributed by atoms with Gasteiger partial charge in [0.1, 0.15) is 12.4 Å². The summed E-state index contributed by atoms with van der Waals surface area (Å²) in [5.74, 6) is 0.845. The van der Waals surface area contributed by atoms with Crippen LogP contribution in [-0.2, 0) is 0 Å². The normalized spacial score (nSPS) is 12.2. The maximum absolute atomic E-state index is 5.78. The van der Waals surface area contributed by atoms with E-state index in [9.17, 15) is 0 Å². The molecule has 1 atom stereocenters. The molecule has 1 aromatic rings. The summed E-state index contributed by atoms with van der Waals surface area (Å²) in [4.78, 5) is 0. The fraction of sp³-hybridized carbons (Fsp3) is 0.273. The van der Waals surface area contributed by atoms with E-state index >= 15 is 0 Å². The van der Waals surface area contributed by atoms with Crippen LogP contribution < -0.4 is 10.5 Å². The van der Waals surface area contributed by atoms with Crippen LogP contribution in [0.1, 0.15) is 18.5 Å². The first kappa shape index (κ1) is 9.81. The van der Waals surface area contributed by atoms with Crippen LogP contribution in [0.15, 0.2) is 36.9 Å². The second-order valence-corrected chi connectivity index (χ2v) is 2.93. The zero-order chi connectivity index (χ0) is 9.68. The van der Waals surface area contributed by atoms with Crippen molar-refractivity contribution >= 4 is 0 Å². The van der Waals surface area contributed by atoms with E-state index in [1.807, 2.05) is 31.2 Å². The summed E-state index contributed by atoms with van der Waals surface area (Å²) >= 11 is 0. The minimum Gasteiger partial charge on any atom is -0.489 e. The van der Waals surface area contributed by atoms with E-state index in [1.165, 1.54) is 0 Å². The average Bonchev–Trinajstić information content (AvgIpc) is 2.15. The van der Waals surface area contributed by atoms with E-state index in [0.717, 1.165) is 11.3 Å². The fourth-order valence-corrected chi connectivity index (χ4v) is 1.14. The molecule has 0 fully saturated rings. The van der Waals surface area contributed by atoms with Crippen LogP contribution in [0.4, 0.5) is 0 Å². The lowest BCUT2D eigenvalue weighted by Crippen LogP contribution is -2.07. The maximum Gasteiger partial charge on any atom is 0.124 e. The van der Waals surface area contributed by atoms with Crippen LogP contribution in [0.3, 0.4) is 0 Å². The van der Waals surface area contributed by atoms with Crippen molar-refractivity contribution in [3.63, 3.8) is 0 Å². The van der Waals surface area contributed by atoms with Crippen molar-refractivity contribution in [2.45, 2.75) is 13.0 Å². The van der Waals surface area contributed by atoms with Crippen LogP contribution in [0.5, 0.6) is 5.75 Å². The van der Waals surface area contributed by atoms with Gasteiger partial charge in [0.15, 0.2) is 0 Å². The standard InChI is InChI=1S/C11H15NO/c1-3-8-13-11-7-5-4-6-10(11)9(2)12/h3-7,9H,1,8,12H2,2H3. The van der Waals surface area contributed by atoms with Crippen molar-refractivity contribution in [2.24, 2.45) is 5.73 Å². The molecule has 0 bridgehead atoms. The molecule has 2 heteroatoms. The molecule has 0 aliphatic carbocycles. The lowest BCUT2D eigenvalue weighted by molar-refractivity contribution is 0.357. The zero-order valence-electron chi connectivity index (χ0n) is 7.86. The second kappa shape index (κ2) is 4.67. The number of hydrogen-bond acceptors (Lipinski definition) is 2. The molecule has 1 unspecified atom stereocenters. The molecule has 0 saturated carbocycles. The summed E-state index contributed by atoms with van der Waals surface area (Å²) in [6, 6.07) is 7.79. The van der Waals surface area contributed by atoms with Gasteiger partial charge in [0.2, 0.25) is 0 Å². The Balaban J connectivity index is 2.84. The van der Waals surface area contributed by atoms with E-state index in [0.29, 0.717) is 6.61 Å². The zero-order valence-corrected chi connectivity index (χ0v) is 7.86. The Labute approximate surface area is 79.0 Å². The molecular weight excluding hydrogens is 162 g/mol. The molecule has 1 rings (SSSR count). The van der Waals surface area contributed by atoms with Gasteiger partial charge in [-0.1, -0.05) is 30.9 Å². The summed E-state index contributed by atoms with van der Waals surface area (Å²) in [6.07, 6.45) is 1.72. The summed E-state index contributed by atoms with van der Waals surface area (Å²) < 4.78 is 5.45. The average molecular weight is 177 g/mol. The largest absolute Gasteiger partial charge is 0.489 e. The molecule has 0 heterocycles. The lowest BCUT2D eigenvalue weighted by atomic mass is 10.1. The van der Waals surface area contributed by atoms with Gasteiger partial charge in [-0.2, -0.15) is 0 Å². The number of benzene rings is 1. The minimum atomic E-state index is 0.000940. The van der Waals surface area contributed by atoms with E-state index in [2.05, 4.69) is 6.58 Å². The van der Waals surface area contributed by atoms with Gasteiger partial charge in [-0.3, -0.25) is 0 Å². The molecule has 0 amide bonds. The van der Waals surface area contributed by atoms with E-state index in [1.54, 1.807) is 6.08 Å². The lowest BCUT2D eigenvalue weighted by Gasteiger charge is -2.12. The van der Waals surface area contributed by atoms with Crippen LogP contribution in [-0.4, -0.2) is 6.61 Å². The van der Waals surface area contributed by atoms with Crippen molar-refractivity contribution in [1.82, 2.24) is 0 Å². The number of para-hydroxylation sites is 1. The van der Waals surface area contributed by atoms with Crippen molar-refractivity contribution in [3.05, 3.63) is 42.5 Å². The Kier molecular flexibility index (Phi) is 3.53. The monoisotopic (exact) mass is 177 g/mol. The Hall–Kier alpha value is -1.28. The predicted molar refractivity (Wildman–Crippen MR) is 54.7 cm³/mol. The maximum atomic E-state index is 5.78. The highest BCUT2D eigenvalue weighted by Gasteiger charge is 2.05. The smallest absolute Gasteiger partial charge is 0.124 e. The number of hydrogen-bond donors (Lipinski definition) is 1. The van der Waals surface area contributed by atoms with E-state index in [-0.39, 0.29) is 6.04 Å². The van der Waals surface area contributed by atoms with Crippen LogP contribution in [0, 0.1) is 0 Å². The number of rotatable bonds is 4. The Bertz CT molecular complexity index is 281. The second-order valence-electron chi connectivity index (χ2n) is 2.93. The quantitative estimate of drug-likeness (QED) is 0.716. The molecule has 0 aliphatic rings. The van der Waals surface area contributed by atoms with Gasteiger partial charge in [0, 0.05) is 11.6 Å². The van der Waals surface area contributed by atoms with E-state index in [4.69, 9.17) is 10.5 Å². The summed E-state index contributed by atoms with van der Waals surface area (Å²) in [5.41, 5.74) is 6.81. The first-order valence-electron chi connectivity index (χ1n) is 4.34. The fourth-order valence-electron chi connectivity index (χ4n) is 1.14. The minimum absolute atomic E-state index is 0.000940. The van der Waals surface area contributed by atoms with Gasteiger partial charge in [0.05, 0.1) is 0 Å². The third-order valence-electron chi connectivity index (χ3n) is 1.77. The molecule has 2 nitrogen and oxygen atoms in total. The summed E-state index contributed by atoms with van der Waals surface area (Å²) in [5, 5.41) is 0. The van der Waals surface area contributed by atoms with Gasteiger partial charge < -0.3 is 10.5 Å². The first-order chi connectivity index (χ1) is 6.25. The molecule has 0 radical (unpaired) electrons. The van der Waals surface area contributed by atoms with Crippen LogP contribution in [0.25, 0.3) is 0 Å². The molecule has 1 aromatic carbocycles. The highest BCUT2D eigenvalue weighted by Crippen LogP contribution is 2.22. The van der Waals surface area contributed by atoms with Crippen molar-refractivity contribution < 1.29 is 4.74 Å². The van der Waals surface area contributed by atoms with Gasteiger partial charge in [-0.25, -0.2) is 0 Å². The van der Waals surface area contributed by atoms with Crippen LogP contribution in [0.2, 0.25) is 0 Å².